The number of hydrogen-bond donors (Lipinski definition) is 1. The SMILES string of the molecule is CCCCCCCCCc1ccc(OCCOCCOCCOCCOCCOCCOCCOCCOCCOCCOCCOCCOC(=O)c2ccc(NCCCC)cc2)cc1. The van der Waals surface area contributed by atoms with E-state index < -0.39 is 0 Å². The molecule has 0 aromatic heterocycles. The Balaban J connectivity index is 1.17. The summed E-state index contributed by atoms with van der Waals surface area (Å²) >= 11 is 0. The molecule has 15 nitrogen and oxygen atoms in total. The highest BCUT2D eigenvalue weighted by Gasteiger charge is 2.07. The van der Waals surface area contributed by atoms with Gasteiger partial charge in [-0.15, -0.1) is 0 Å². The maximum Gasteiger partial charge on any atom is 0.338 e. The van der Waals surface area contributed by atoms with Gasteiger partial charge in [0.2, 0.25) is 0 Å². The van der Waals surface area contributed by atoms with Gasteiger partial charge in [-0.3, -0.25) is 0 Å². The highest BCUT2D eigenvalue weighted by atomic mass is 16.6. The first-order valence-electron chi connectivity index (χ1n) is 24.3. The van der Waals surface area contributed by atoms with Crippen molar-refractivity contribution in [2.45, 2.75) is 78.1 Å². The summed E-state index contributed by atoms with van der Waals surface area (Å²) in [6.45, 7) is 16.6. The predicted molar refractivity (Wildman–Crippen MR) is 253 cm³/mol. The second kappa shape index (κ2) is 46.2. The van der Waals surface area contributed by atoms with Gasteiger partial charge in [-0.25, -0.2) is 4.79 Å². The fourth-order valence-electron chi connectivity index (χ4n) is 5.97. The fourth-order valence-corrected chi connectivity index (χ4v) is 5.97. The molecular weight excluding hydrogens is 839 g/mol. The zero-order chi connectivity index (χ0) is 46.2. The minimum absolute atomic E-state index is 0.187. The van der Waals surface area contributed by atoms with E-state index in [1.807, 2.05) is 12.1 Å². The quantitative estimate of drug-likeness (QED) is 0.0512. The van der Waals surface area contributed by atoms with Crippen molar-refractivity contribution in [3.63, 3.8) is 0 Å². The third-order valence-electron chi connectivity index (χ3n) is 9.65. The summed E-state index contributed by atoms with van der Waals surface area (Å²) in [5.41, 5.74) is 2.89. The Bertz CT molecular complexity index is 1290. The van der Waals surface area contributed by atoms with Crippen molar-refractivity contribution in [3.05, 3.63) is 59.7 Å². The summed E-state index contributed by atoms with van der Waals surface area (Å²) in [5.74, 6) is 0.520. The van der Waals surface area contributed by atoms with Crippen molar-refractivity contribution in [2.75, 3.05) is 170 Å². The molecule has 0 bridgehead atoms. The Morgan fingerprint density at radius 2 is 0.738 bits per heavy atom. The molecule has 15 heteroatoms. The van der Waals surface area contributed by atoms with Gasteiger partial charge in [0.25, 0.3) is 0 Å². The number of aryl methyl sites for hydroxylation is 1. The summed E-state index contributed by atoms with van der Waals surface area (Å²) in [6, 6.07) is 15.7. The number of nitrogens with one attached hydrogen (secondary N) is 1. The number of carbonyl (C=O) groups is 1. The van der Waals surface area contributed by atoms with Crippen LogP contribution < -0.4 is 10.1 Å². The molecule has 0 aliphatic rings. The normalized spacial score (nSPS) is 11.4. The van der Waals surface area contributed by atoms with Crippen LogP contribution in [0.15, 0.2) is 48.5 Å². The van der Waals surface area contributed by atoms with Gasteiger partial charge < -0.3 is 66.9 Å². The maximum absolute atomic E-state index is 12.2. The molecule has 0 saturated carbocycles. The molecule has 0 amide bonds. The number of esters is 1. The van der Waals surface area contributed by atoms with Gasteiger partial charge in [-0.2, -0.15) is 0 Å². The first-order chi connectivity index (χ1) is 32.2. The molecule has 2 rings (SSSR count). The van der Waals surface area contributed by atoms with Crippen LogP contribution >= 0.6 is 0 Å². The smallest absolute Gasteiger partial charge is 0.338 e. The number of rotatable bonds is 50. The van der Waals surface area contributed by atoms with Gasteiger partial charge in [0.1, 0.15) is 19.0 Å². The van der Waals surface area contributed by atoms with E-state index in [1.165, 1.54) is 50.5 Å². The molecule has 0 saturated heterocycles. The molecular formula is C50H85NO14. The van der Waals surface area contributed by atoms with Gasteiger partial charge in [-0.05, 0) is 61.2 Å². The lowest BCUT2D eigenvalue weighted by Crippen LogP contribution is -2.16. The topological polar surface area (TPSA) is 149 Å². The van der Waals surface area contributed by atoms with Crippen LogP contribution in [0.1, 0.15) is 87.6 Å². The van der Waals surface area contributed by atoms with E-state index >= 15 is 0 Å². The van der Waals surface area contributed by atoms with Gasteiger partial charge in [-0.1, -0.05) is 70.9 Å². The Kier molecular flexibility index (Phi) is 41.4. The molecule has 374 valence electrons. The van der Waals surface area contributed by atoms with E-state index in [0.29, 0.717) is 158 Å². The number of anilines is 1. The Morgan fingerprint density at radius 3 is 1.14 bits per heavy atom. The van der Waals surface area contributed by atoms with E-state index in [4.69, 9.17) is 61.6 Å². The lowest BCUT2D eigenvalue weighted by molar-refractivity contribution is -0.0282. The maximum atomic E-state index is 12.2. The van der Waals surface area contributed by atoms with Crippen molar-refractivity contribution in [3.8, 4) is 5.75 Å². The minimum atomic E-state index is -0.362. The summed E-state index contributed by atoms with van der Waals surface area (Å²) in [7, 11) is 0. The van der Waals surface area contributed by atoms with Crippen LogP contribution in [0, 0.1) is 0 Å². The molecule has 2 aromatic rings. The number of ether oxygens (including phenoxy) is 13. The molecule has 0 aliphatic heterocycles. The molecule has 0 heterocycles. The van der Waals surface area contributed by atoms with E-state index in [-0.39, 0.29) is 12.6 Å². The lowest BCUT2D eigenvalue weighted by atomic mass is 10.0. The summed E-state index contributed by atoms with van der Waals surface area (Å²) < 4.78 is 71.9. The van der Waals surface area contributed by atoms with Crippen LogP contribution in [0.4, 0.5) is 5.69 Å². The average Bonchev–Trinajstić information content (AvgIpc) is 3.33. The van der Waals surface area contributed by atoms with Crippen molar-refractivity contribution in [1.82, 2.24) is 0 Å². The van der Waals surface area contributed by atoms with Crippen molar-refractivity contribution < 1.29 is 66.4 Å². The van der Waals surface area contributed by atoms with Crippen molar-refractivity contribution in [1.29, 1.82) is 0 Å². The Hall–Kier alpha value is -2.93. The second-order valence-electron chi connectivity index (χ2n) is 15.1. The zero-order valence-corrected chi connectivity index (χ0v) is 40.1. The Labute approximate surface area is 391 Å². The van der Waals surface area contributed by atoms with Crippen LogP contribution in [0.25, 0.3) is 0 Å². The van der Waals surface area contributed by atoms with Crippen LogP contribution in [0.3, 0.4) is 0 Å². The molecule has 1 N–H and O–H groups in total. The number of benzene rings is 2. The van der Waals surface area contributed by atoms with Crippen LogP contribution in [0.5, 0.6) is 5.75 Å². The number of carbonyl (C=O) groups excluding carboxylic acids is 1. The van der Waals surface area contributed by atoms with E-state index in [2.05, 4.69) is 43.4 Å². The first kappa shape index (κ1) is 58.2. The molecule has 0 fully saturated rings. The van der Waals surface area contributed by atoms with Crippen LogP contribution in [-0.2, 0) is 63.3 Å². The van der Waals surface area contributed by atoms with Gasteiger partial charge in [0, 0.05) is 12.2 Å². The summed E-state index contributed by atoms with van der Waals surface area (Å²) in [4.78, 5) is 12.2. The Morgan fingerprint density at radius 1 is 0.385 bits per heavy atom. The zero-order valence-electron chi connectivity index (χ0n) is 40.1. The fraction of sp³-hybridized carbons (Fsp3) is 0.740. The average molecular weight is 924 g/mol. The number of hydrogen-bond acceptors (Lipinski definition) is 15. The first-order valence-corrected chi connectivity index (χ1v) is 24.3. The predicted octanol–water partition coefficient (Wildman–Crippen LogP) is 7.61. The van der Waals surface area contributed by atoms with E-state index in [9.17, 15) is 4.79 Å². The highest BCUT2D eigenvalue weighted by Crippen LogP contribution is 2.16. The number of unbranched alkanes of at least 4 members (excludes halogenated alkanes) is 7. The van der Waals surface area contributed by atoms with E-state index in [0.717, 1.165) is 37.2 Å². The molecule has 0 radical (unpaired) electrons. The molecule has 65 heavy (non-hydrogen) atoms. The molecule has 0 spiro atoms. The monoisotopic (exact) mass is 924 g/mol. The minimum Gasteiger partial charge on any atom is -0.491 e. The molecule has 0 aliphatic carbocycles. The summed E-state index contributed by atoms with van der Waals surface area (Å²) in [6.07, 6.45) is 12.7. The molecule has 2 aromatic carbocycles. The highest BCUT2D eigenvalue weighted by molar-refractivity contribution is 5.89. The van der Waals surface area contributed by atoms with Gasteiger partial charge in [0.15, 0.2) is 0 Å². The third-order valence-corrected chi connectivity index (χ3v) is 9.65. The van der Waals surface area contributed by atoms with Crippen LogP contribution in [-0.4, -0.2) is 171 Å². The van der Waals surface area contributed by atoms with Gasteiger partial charge in [0.05, 0.1) is 151 Å². The third kappa shape index (κ3) is 37.8. The molecule has 0 unspecified atom stereocenters. The largest absolute Gasteiger partial charge is 0.491 e. The van der Waals surface area contributed by atoms with Crippen molar-refractivity contribution in [2.24, 2.45) is 0 Å². The standard InChI is InChI=1S/C50H85NO14/c1-3-5-7-8-9-10-11-12-46-13-19-49(20-14-46)64-44-42-62-40-38-60-36-34-58-32-30-56-28-26-54-24-22-53-23-25-55-27-29-57-31-33-59-35-37-61-39-41-63-43-45-65-50(52)47-15-17-48(18-16-47)51-21-6-4-2/h13-20,51H,3-12,21-45H2,1-2H3. The van der Waals surface area contributed by atoms with Gasteiger partial charge >= 0.3 is 5.97 Å². The molecule has 0 atom stereocenters. The summed E-state index contributed by atoms with van der Waals surface area (Å²) in [5, 5.41) is 3.32. The van der Waals surface area contributed by atoms with Crippen LogP contribution in [0.2, 0.25) is 0 Å². The van der Waals surface area contributed by atoms with E-state index in [1.54, 1.807) is 12.1 Å². The second-order valence-corrected chi connectivity index (χ2v) is 15.1. The lowest BCUT2D eigenvalue weighted by Gasteiger charge is -2.09. The van der Waals surface area contributed by atoms with Crippen molar-refractivity contribution >= 4 is 11.7 Å².